The number of aryl methyl sites for hydroxylation is 2. The molecule has 0 unspecified atom stereocenters. The summed E-state index contributed by atoms with van der Waals surface area (Å²) in [4.78, 5) is 4.22. The van der Waals surface area contributed by atoms with Gasteiger partial charge in [-0.2, -0.15) is 4.98 Å². The molecule has 0 saturated heterocycles. The van der Waals surface area contributed by atoms with Crippen LogP contribution in [0.1, 0.15) is 25.2 Å². The predicted octanol–water partition coefficient (Wildman–Crippen LogP) is 2.51. The van der Waals surface area contributed by atoms with Crippen molar-refractivity contribution in [3.63, 3.8) is 0 Å². The van der Waals surface area contributed by atoms with Gasteiger partial charge in [-0.3, -0.25) is 0 Å². The number of aromatic nitrogens is 3. The zero-order valence-corrected chi connectivity index (χ0v) is 10.9. The number of para-hydroxylation sites is 1. The van der Waals surface area contributed by atoms with Crippen LogP contribution in [0.5, 0.6) is 11.8 Å². The van der Waals surface area contributed by atoms with Crippen LogP contribution in [0.2, 0.25) is 0 Å². The predicted molar refractivity (Wildman–Crippen MR) is 69.5 cm³/mol. The molecule has 1 heterocycles. The SMILES string of the molecule is CCc1nnc(Oc2c(N)cccc2F)nc1CC. The van der Waals surface area contributed by atoms with Gasteiger partial charge in [-0.05, 0) is 25.0 Å². The van der Waals surface area contributed by atoms with Crippen LogP contribution in [-0.4, -0.2) is 15.2 Å². The number of hydrogen-bond donors (Lipinski definition) is 1. The highest BCUT2D eigenvalue weighted by molar-refractivity contribution is 5.53. The molecule has 0 bridgehead atoms. The van der Waals surface area contributed by atoms with Crippen molar-refractivity contribution in [3.05, 3.63) is 35.4 Å². The second-order valence-electron chi connectivity index (χ2n) is 3.96. The standard InChI is InChI=1S/C13H15FN4O/c1-3-10-11(4-2)17-18-13(16-10)19-12-8(14)6-5-7-9(12)15/h5-7H,3-4,15H2,1-2H3. The highest BCUT2D eigenvalue weighted by atomic mass is 19.1. The van der Waals surface area contributed by atoms with Crippen LogP contribution in [0, 0.1) is 5.82 Å². The Morgan fingerprint density at radius 2 is 1.89 bits per heavy atom. The first-order valence-electron chi connectivity index (χ1n) is 6.10. The summed E-state index contributed by atoms with van der Waals surface area (Å²) in [7, 11) is 0. The Kier molecular flexibility index (Phi) is 3.89. The Bertz CT molecular complexity index is 569. The van der Waals surface area contributed by atoms with Crippen molar-refractivity contribution in [2.75, 3.05) is 5.73 Å². The minimum absolute atomic E-state index is 0.00542. The Morgan fingerprint density at radius 1 is 1.16 bits per heavy atom. The number of anilines is 1. The molecule has 0 fully saturated rings. The van der Waals surface area contributed by atoms with Gasteiger partial charge in [-0.25, -0.2) is 4.39 Å². The molecule has 100 valence electrons. The fourth-order valence-electron chi connectivity index (χ4n) is 1.69. The molecule has 0 aliphatic heterocycles. The first-order chi connectivity index (χ1) is 9.15. The van der Waals surface area contributed by atoms with Crippen molar-refractivity contribution in [1.29, 1.82) is 0 Å². The molecule has 5 nitrogen and oxygen atoms in total. The molecule has 0 aliphatic carbocycles. The summed E-state index contributed by atoms with van der Waals surface area (Å²) in [5, 5.41) is 7.85. The maximum atomic E-state index is 13.6. The van der Waals surface area contributed by atoms with Gasteiger partial charge in [0.2, 0.25) is 0 Å². The Hall–Kier alpha value is -2.24. The summed E-state index contributed by atoms with van der Waals surface area (Å²) in [6, 6.07) is 4.33. The van der Waals surface area contributed by atoms with Gasteiger partial charge < -0.3 is 10.5 Å². The second-order valence-corrected chi connectivity index (χ2v) is 3.96. The van der Waals surface area contributed by atoms with Gasteiger partial charge in [0.15, 0.2) is 11.6 Å². The highest BCUT2D eigenvalue weighted by Crippen LogP contribution is 2.28. The summed E-state index contributed by atoms with van der Waals surface area (Å²) in [5.41, 5.74) is 7.46. The lowest BCUT2D eigenvalue weighted by molar-refractivity contribution is 0.403. The third-order valence-electron chi connectivity index (χ3n) is 2.68. The van der Waals surface area contributed by atoms with Gasteiger partial charge in [0, 0.05) is 0 Å². The van der Waals surface area contributed by atoms with E-state index >= 15 is 0 Å². The third kappa shape index (κ3) is 2.78. The van der Waals surface area contributed by atoms with Crippen LogP contribution in [0.3, 0.4) is 0 Å². The van der Waals surface area contributed by atoms with Crippen molar-refractivity contribution in [1.82, 2.24) is 15.2 Å². The molecule has 2 aromatic rings. The summed E-state index contributed by atoms with van der Waals surface area (Å²) in [6.07, 6.45) is 1.45. The topological polar surface area (TPSA) is 73.9 Å². The van der Waals surface area contributed by atoms with E-state index < -0.39 is 5.82 Å². The Morgan fingerprint density at radius 3 is 2.53 bits per heavy atom. The second kappa shape index (κ2) is 5.60. The first kappa shape index (κ1) is 13.2. The normalized spacial score (nSPS) is 10.5. The number of halogens is 1. The van der Waals surface area contributed by atoms with Crippen LogP contribution in [0.4, 0.5) is 10.1 Å². The van der Waals surface area contributed by atoms with Crippen LogP contribution >= 0.6 is 0 Å². The van der Waals surface area contributed by atoms with Crippen molar-refractivity contribution >= 4 is 5.69 Å². The summed E-state index contributed by atoms with van der Waals surface area (Å²) < 4.78 is 18.9. The Labute approximate surface area is 110 Å². The average Bonchev–Trinajstić information content (AvgIpc) is 2.42. The number of nitrogens with two attached hydrogens (primary N) is 1. The van der Waals surface area contributed by atoms with E-state index in [-0.39, 0.29) is 17.4 Å². The molecule has 0 radical (unpaired) electrons. The lowest BCUT2D eigenvalue weighted by Crippen LogP contribution is -2.05. The molecule has 1 aromatic heterocycles. The number of hydrogen-bond acceptors (Lipinski definition) is 5. The highest BCUT2D eigenvalue weighted by Gasteiger charge is 2.12. The van der Waals surface area contributed by atoms with Gasteiger partial charge >= 0.3 is 6.01 Å². The van der Waals surface area contributed by atoms with E-state index in [0.29, 0.717) is 6.42 Å². The largest absolute Gasteiger partial charge is 0.418 e. The van der Waals surface area contributed by atoms with E-state index in [1.165, 1.54) is 12.1 Å². The lowest BCUT2D eigenvalue weighted by Gasteiger charge is -2.09. The molecule has 0 aliphatic rings. The maximum Gasteiger partial charge on any atom is 0.341 e. The molecule has 1 aromatic carbocycles. The number of benzene rings is 1. The average molecular weight is 262 g/mol. The minimum Gasteiger partial charge on any atom is -0.418 e. The van der Waals surface area contributed by atoms with Crippen LogP contribution < -0.4 is 10.5 Å². The number of nitrogen functional groups attached to an aromatic ring is 1. The smallest absolute Gasteiger partial charge is 0.341 e. The van der Waals surface area contributed by atoms with Crippen molar-refractivity contribution in [2.24, 2.45) is 0 Å². The van der Waals surface area contributed by atoms with E-state index in [1.807, 2.05) is 13.8 Å². The number of rotatable bonds is 4. The summed E-state index contributed by atoms with van der Waals surface area (Å²) in [6.45, 7) is 3.94. The lowest BCUT2D eigenvalue weighted by atomic mass is 10.2. The van der Waals surface area contributed by atoms with Crippen LogP contribution in [0.25, 0.3) is 0 Å². The van der Waals surface area contributed by atoms with Gasteiger partial charge in [0.25, 0.3) is 0 Å². The van der Waals surface area contributed by atoms with Crippen molar-refractivity contribution in [3.8, 4) is 11.8 Å². The molecular formula is C13H15FN4O. The number of ether oxygens (including phenoxy) is 1. The van der Waals surface area contributed by atoms with Crippen LogP contribution in [0.15, 0.2) is 18.2 Å². The molecule has 0 saturated carbocycles. The van der Waals surface area contributed by atoms with E-state index in [0.717, 1.165) is 17.8 Å². The van der Waals surface area contributed by atoms with Crippen molar-refractivity contribution < 1.29 is 9.13 Å². The summed E-state index contributed by atoms with van der Waals surface area (Å²) >= 11 is 0. The first-order valence-corrected chi connectivity index (χ1v) is 6.10. The number of nitrogens with zero attached hydrogens (tertiary/aromatic N) is 3. The third-order valence-corrected chi connectivity index (χ3v) is 2.68. The molecular weight excluding hydrogens is 247 g/mol. The van der Waals surface area contributed by atoms with Gasteiger partial charge in [0.1, 0.15) is 0 Å². The molecule has 2 N–H and O–H groups in total. The zero-order valence-electron chi connectivity index (χ0n) is 10.9. The van der Waals surface area contributed by atoms with Gasteiger partial charge in [0.05, 0.1) is 17.1 Å². The molecule has 2 rings (SSSR count). The molecule has 0 amide bonds. The van der Waals surface area contributed by atoms with E-state index in [9.17, 15) is 4.39 Å². The molecule has 0 spiro atoms. The monoisotopic (exact) mass is 262 g/mol. The Balaban J connectivity index is 2.33. The van der Waals surface area contributed by atoms with Crippen molar-refractivity contribution in [2.45, 2.75) is 26.7 Å². The minimum atomic E-state index is -0.554. The van der Waals surface area contributed by atoms with Gasteiger partial charge in [-0.1, -0.05) is 25.0 Å². The fourth-order valence-corrected chi connectivity index (χ4v) is 1.69. The zero-order chi connectivity index (χ0) is 13.8. The van der Waals surface area contributed by atoms with E-state index in [2.05, 4.69) is 15.2 Å². The van der Waals surface area contributed by atoms with E-state index in [4.69, 9.17) is 10.5 Å². The maximum absolute atomic E-state index is 13.6. The summed E-state index contributed by atoms with van der Waals surface area (Å²) in [5.74, 6) is -0.628. The fraction of sp³-hybridized carbons (Fsp3) is 0.308. The quantitative estimate of drug-likeness (QED) is 0.857. The molecule has 0 atom stereocenters. The van der Waals surface area contributed by atoms with E-state index in [1.54, 1.807) is 6.07 Å². The van der Waals surface area contributed by atoms with Gasteiger partial charge in [-0.15, -0.1) is 5.10 Å². The van der Waals surface area contributed by atoms with Crippen LogP contribution in [-0.2, 0) is 12.8 Å². The molecule has 6 heteroatoms. The molecule has 19 heavy (non-hydrogen) atoms.